The molecule has 0 unspecified atom stereocenters. The van der Waals surface area contributed by atoms with Crippen molar-refractivity contribution in [3.63, 3.8) is 0 Å². The molecule has 8 heteroatoms. The number of imidazole rings is 1. The Morgan fingerprint density at radius 2 is 1.95 bits per heavy atom. The molecule has 2 aromatic carbocycles. The molecule has 0 saturated heterocycles. The minimum Gasteiger partial charge on any atom is -0.389 e. The van der Waals surface area contributed by atoms with E-state index in [4.69, 9.17) is 5.10 Å². The van der Waals surface area contributed by atoms with Gasteiger partial charge in [0, 0.05) is 29.0 Å². The number of nitrogens with zero attached hydrogens (tertiary/aromatic N) is 3. The Kier molecular flexibility index (Phi) is 6.81. The van der Waals surface area contributed by atoms with E-state index in [1.54, 1.807) is 30.6 Å². The monoisotopic (exact) mass is 518 g/mol. The van der Waals surface area contributed by atoms with E-state index in [1.165, 1.54) is 23.9 Å². The van der Waals surface area contributed by atoms with Crippen LogP contribution in [0.25, 0.3) is 16.9 Å². The van der Waals surface area contributed by atoms with Gasteiger partial charge in [-0.2, -0.15) is 5.10 Å². The molecule has 2 aromatic heterocycles. The quantitative estimate of drug-likeness (QED) is 0.247. The average Bonchev–Trinajstić information content (AvgIpc) is 3.54. The minimum absolute atomic E-state index is 0.199. The number of nitrogens with one attached hydrogen (secondary N) is 1. The number of carbonyl (C=O) groups is 1. The molecule has 2 N–H and O–H groups in total. The van der Waals surface area contributed by atoms with E-state index in [9.17, 15) is 14.3 Å². The molecule has 2 heterocycles. The van der Waals surface area contributed by atoms with Crippen LogP contribution >= 0.6 is 11.8 Å². The van der Waals surface area contributed by atoms with Crippen LogP contribution in [0.4, 0.5) is 10.1 Å². The standard InChI is InChI=1S/C29H31FN4O2S/c1-17-5-9-21(30)13-26(17)37-27-14-23(32-16-29(3,4)36)28-31-15-24(34(28)33-27)20-8-10-22(18(2)11-20)25(35)12-19-6-7-19/h5,8-11,13-15,19,32,36H,6-7,12,16H2,1-4H3. The highest BCUT2D eigenvalue weighted by atomic mass is 32.2. The minimum atomic E-state index is -0.928. The lowest BCUT2D eigenvalue weighted by Gasteiger charge is -2.19. The Labute approximate surface area is 220 Å². The first-order valence-electron chi connectivity index (χ1n) is 12.5. The number of hydrogen-bond donors (Lipinski definition) is 2. The van der Waals surface area contributed by atoms with Crippen molar-refractivity contribution in [2.24, 2.45) is 5.92 Å². The van der Waals surface area contributed by atoms with Gasteiger partial charge in [0.25, 0.3) is 0 Å². The van der Waals surface area contributed by atoms with E-state index in [0.29, 0.717) is 35.2 Å². The fourth-order valence-corrected chi connectivity index (χ4v) is 5.19. The van der Waals surface area contributed by atoms with Crippen molar-refractivity contribution in [2.45, 2.75) is 62.5 Å². The average molecular weight is 519 g/mol. The van der Waals surface area contributed by atoms with Gasteiger partial charge in [0.2, 0.25) is 0 Å². The fourth-order valence-electron chi connectivity index (χ4n) is 4.26. The molecule has 1 aliphatic carbocycles. The van der Waals surface area contributed by atoms with E-state index in [-0.39, 0.29) is 11.6 Å². The Morgan fingerprint density at radius 1 is 1.16 bits per heavy atom. The van der Waals surface area contributed by atoms with Crippen molar-refractivity contribution in [1.29, 1.82) is 0 Å². The third-order valence-electron chi connectivity index (χ3n) is 6.51. The highest BCUT2D eigenvalue weighted by molar-refractivity contribution is 7.99. The Balaban J connectivity index is 1.55. The molecule has 0 amide bonds. The summed E-state index contributed by atoms with van der Waals surface area (Å²) in [4.78, 5) is 18.1. The first-order chi connectivity index (χ1) is 17.6. The molecule has 4 aromatic rings. The molecule has 0 aliphatic heterocycles. The summed E-state index contributed by atoms with van der Waals surface area (Å²) in [7, 11) is 0. The number of hydrogen-bond acceptors (Lipinski definition) is 6. The van der Waals surface area contributed by atoms with E-state index < -0.39 is 5.60 Å². The van der Waals surface area contributed by atoms with E-state index in [1.807, 2.05) is 38.1 Å². The normalized spacial score (nSPS) is 13.8. The SMILES string of the molecule is Cc1ccc(F)cc1Sc1cc(NCC(C)(C)O)c2ncc(-c3ccc(C(=O)CC4CC4)c(C)c3)n2n1. The zero-order valence-corrected chi connectivity index (χ0v) is 22.3. The van der Waals surface area contributed by atoms with Crippen molar-refractivity contribution < 1.29 is 14.3 Å². The van der Waals surface area contributed by atoms with Crippen LogP contribution in [0, 0.1) is 25.6 Å². The predicted octanol–water partition coefficient (Wildman–Crippen LogP) is 6.47. The van der Waals surface area contributed by atoms with Crippen molar-refractivity contribution in [1.82, 2.24) is 14.6 Å². The number of anilines is 1. The molecule has 0 bridgehead atoms. The number of ketones is 1. The van der Waals surface area contributed by atoms with Crippen molar-refractivity contribution in [3.05, 3.63) is 71.2 Å². The molecule has 0 atom stereocenters. The van der Waals surface area contributed by atoms with Gasteiger partial charge < -0.3 is 10.4 Å². The fraction of sp³-hybridized carbons (Fsp3) is 0.345. The Bertz CT molecular complexity index is 1490. The molecular formula is C29H31FN4O2S. The molecular weight excluding hydrogens is 487 g/mol. The van der Waals surface area contributed by atoms with E-state index in [2.05, 4.69) is 10.3 Å². The lowest BCUT2D eigenvalue weighted by Crippen LogP contribution is -2.29. The van der Waals surface area contributed by atoms with Crippen LogP contribution in [-0.2, 0) is 0 Å². The summed E-state index contributed by atoms with van der Waals surface area (Å²) in [6, 6.07) is 12.4. The van der Waals surface area contributed by atoms with Gasteiger partial charge >= 0.3 is 0 Å². The van der Waals surface area contributed by atoms with Gasteiger partial charge in [-0.15, -0.1) is 0 Å². The van der Waals surface area contributed by atoms with Crippen LogP contribution in [0.5, 0.6) is 0 Å². The summed E-state index contributed by atoms with van der Waals surface area (Å²) < 4.78 is 15.7. The third-order valence-corrected chi connectivity index (χ3v) is 7.58. The van der Waals surface area contributed by atoms with Gasteiger partial charge in [-0.3, -0.25) is 4.79 Å². The van der Waals surface area contributed by atoms with Gasteiger partial charge in [0.1, 0.15) is 10.8 Å². The van der Waals surface area contributed by atoms with Gasteiger partial charge in [-0.25, -0.2) is 13.9 Å². The van der Waals surface area contributed by atoms with Crippen LogP contribution in [0.3, 0.4) is 0 Å². The molecule has 1 saturated carbocycles. The molecule has 1 aliphatic rings. The summed E-state index contributed by atoms with van der Waals surface area (Å²) in [6.45, 7) is 7.68. The first kappa shape index (κ1) is 25.4. The van der Waals surface area contributed by atoms with Crippen molar-refractivity contribution in [3.8, 4) is 11.3 Å². The summed E-state index contributed by atoms with van der Waals surface area (Å²) in [5, 5.41) is 19.1. The second kappa shape index (κ2) is 9.91. The molecule has 0 radical (unpaired) electrons. The number of aromatic nitrogens is 3. The third kappa shape index (κ3) is 5.86. The summed E-state index contributed by atoms with van der Waals surface area (Å²) >= 11 is 1.37. The molecule has 0 spiro atoms. The molecule has 6 nitrogen and oxygen atoms in total. The van der Waals surface area contributed by atoms with E-state index >= 15 is 0 Å². The maximum absolute atomic E-state index is 14.0. The molecule has 37 heavy (non-hydrogen) atoms. The second-order valence-corrected chi connectivity index (χ2v) is 11.6. The highest BCUT2D eigenvalue weighted by Gasteiger charge is 2.26. The van der Waals surface area contributed by atoms with Crippen LogP contribution in [0.15, 0.2) is 58.6 Å². The van der Waals surface area contributed by atoms with Crippen LogP contribution in [0.2, 0.25) is 0 Å². The maximum Gasteiger partial charge on any atom is 0.177 e. The van der Waals surface area contributed by atoms with Crippen LogP contribution < -0.4 is 5.32 Å². The molecule has 1 fully saturated rings. The number of aryl methyl sites for hydroxylation is 2. The zero-order chi connectivity index (χ0) is 26.3. The van der Waals surface area contributed by atoms with Crippen LogP contribution in [-0.4, -0.2) is 37.6 Å². The van der Waals surface area contributed by atoms with Crippen molar-refractivity contribution in [2.75, 3.05) is 11.9 Å². The number of fused-ring (bicyclic) bond motifs is 1. The largest absolute Gasteiger partial charge is 0.389 e. The number of aliphatic hydroxyl groups is 1. The second-order valence-electron chi connectivity index (χ2n) is 10.6. The number of rotatable bonds is 9. The topological polar surface area (TPSA) is 79.5 Å². The van der Waals surface area contributed by atoms with Crippen molar-refractivity contribution >= 4 is 28.9 Å². The lowest BCUT2D eigenvalue weighted by molar-refractivity contribution is 0.0943. The Morgan fingerprint density at radius 3 is 2.65 bits per heavy atom. The predicted molar refractivity (Wildman–Crippen MR) is 145 cm³/mol. The van der Waals surface area contributed by atoms with E-state index in [0.717, 1.165) is 45.7 Å². The lowest BCUT2D eigenvalue weighted by atomic mass is 9.98. The van der Waals surface area contributed by atoms with Gasteiger partial charge in [-0.05, 0) is 81.8 Å². The highest BCUT2D eigenvalue weighted by Crippen LogP contribution is 2.35. The number of halogens is 1. The molecule has 192 valence electrons. The summed E-state index contributed by atoms with van der Waals surface area (Å²) in [5.74, 6) is 0.441. The number of carbonyl (C=O) groups excluding carboxylic acids is 1. The Hall–Kier alpha value is -3.23. The summed E-state index contributed by atoms with van der Waals surface area (Å²) in [5.41, 5.74) is 4.73. The first-order valence-corrected chi connectivity index (χ1v) is 13.3. The van der Waals surface area contributed by atoms with Gasteiger partial charge in [-0.1, -0.05) is 30.0 Å². The van der Waals surface area contributed by atoms with Crippen LogP contribution in [0.1, 0.15) is 54.6 Å². The molecule has 5 rings (SSSR count). The zero-order valence-electron chi connectivity index (χ0n) is 21.5. The number of benzene rings is 2. The maximum atomic E-state index is 14.0. The number of Topliss-reactive ketones (excluding diaryl/α,β-unsaturated/α-hetero) is 1. The van der Waals surface area contributed by atoms with Gasteiger partial charge in [0.05, 0.1) is 23.2 Å². The summed E-state index contributed by atoms with van der Waals surface area (Å²) in [6.07, 6.45) is 4.68. The smallest absolute Gasteiger partial charge is 0.177 e. The van der Waals surface area contributed by atoms with Gasteiger partial charge in [0.15, 0.2) is 11.4 Å².